The van der Waals surface area contributed by atoms with Gasteiger partial charge in [-0.2, -0.15) is 0 Å². The van der Waals surface area contributed by atoms with Crippen molar-refractivity contribution >= 4 is 11.7 Å². The van der Waals surface area contributed by atoms with Crippen LogP contribution in [0.2, 0.25) is 0 Å². The van der Waals surface area contributed by atoms with Gasteiger partial charge in [-0.1, -0.05) is 29.8 Å². The van der Waals surface area contributed by atoms with E-state index < -0.39 is 0 Å². The first-order chi connectivity index (χ1) is 9.52. The summed E-state index contributed by atoms with van der Waals surface area (Å²) in [6, 6.07) is 11.1. The lowest BCUT2D eigenvalue weighted by Crippen LogP contribution is -2.21. The Morgan fingerprint density at radius 1 is 1.10 bits per heavy atom. The van der Waals surface area contributed by atoms with E-state index in [1.54, 1.807) is 24.7 Å². The van der Waals surface area contributed by atoms with Gasteiger partial charge >= 0.3 is 0 Å². The van der Waals surface area contributed by atoms with Gasteiger partial charge in [-0.15, -0.1) is 0 Å². The van der Waals surface area contributed by atoms with E-state index >= 15 is 0 Å². The van der Waals surface area contributed by atoms with Crippen LogP contribution in [0, 0.1) is 6.92 Å². The molecule has 0 aliphatic heterocycles. The molecule has 104 valence electrons. The normalized spacial score (nSPS) is 10.3. The summed E-state index contributed by atoms with van der Waals surface area (Å²) >= 11 is 0. The van der Waals surface area contributed by atoms with E-state index in [9.17, 15) is 9.59 Å². The third kappa shape index (κ3) is 2.79. The number of hydrogen-bond donors (Lipinski definition) is 1. The number of nitrogens with zero attached hydrogens (tertiary/aromatic N) is 1. The number of aromatic nitrogens is 1. The van der Waals surface area contributed by atoms with Crippen molar-refractivity contribution in [2.45, 2.75) is 13.3 Å². The predicted octanol–water partition coefficient (Wildman–Crippen LogP) is 1.85. The monoisotopic (exact) mass is 270 g/mol. The van der Waals surface area contributed by atoms with Gasteiger partial charge in [0.05, 0.1) is 12.1 Å². The minimum absolute atomic E-state index is 0.0318. The van der Waals surface area contributed by atoms with Crippen molar-refractivity contribution in [3.8, 4) is 0 Å². The van der Waals surface area contributed by atoms with E-state index in [0.717, 1.165) is 11.3 Å². The molecule has 1 aromatic carbocycles. The number of benzene rings is 1. The standard InChI is InChI=1S/C16H18N2O2/c1-11-4-6-12(7-5-11)16(20)14-9-8-13(18(14)3)10-15(19)17-2/h4-9H,10H2,1-3H3,(H,17,19). The Labute approximate surface area is 118 Å². The molecule has 0 unspecified atom stereocenters. The van der Waals surface area contributed by atoms with Gasteiger partial charge in [0.25, 0.3) is 0 Å². The van der Waals surface area contributed by atoms with Gasteiger partial charge in [0, 0.05) is 25.4 Å². The van der Waals surface area contributed by atoms with E-state index in [2.05, 4.69) is 5.32 Å². The first-order valence-electron chi connectivity index (χ1n) is 6.49. The molecule has 0 aliphatic rings. The average molecular weight is 270 g/mol. The Morgan fingerprint density at radius 3 is 2.35 bits per heavy atom. The van der Waals surface area contributed by atoms with Gasteiger partial charge in [0.2, 0.25) is 11.7 Å². The lowest BCUT2D eigenvalue weighted by atomic mass is 10.1. The highest BCUT2D eigenvalue weighted by Gasteiger charge is 2.15. The SMILES string of the molecule is CNC(=O)Cc1ccc(C(=O)c2ccc(C)cc2)n1C. The lowest BCUT2D eigenvalue weighted by molar-refractivity contribution is -0.120. The molecule has 0 atom stereocenters. The Bertz CT molecular complexity index is 639. The average Bonchev–Trinajstić information content (AvgIpc) is 2.80. The van der Waals surface area contributed by atoms with Crippen molar-refractivity contribution in [2.24, 2.45) is 7.05 Å². The van der Waals surface area contributed by atoms with Gasteiger partial charge in [-0.3, -0.25) is 9.59 Å². The predicted molar refractivity (Wildman–Crippen MR) is 77.8 cm³/mol. The van der Waals surface area contributed by atoms with Crippen molar-refractivity contribution < 1.29 is 9.59 Å². The summed E-state index contributed by atoms with van der Waals surface area (Å²) in [5.41, 5.74) is 3.18. The van der Waals surface area contributed by atoms with E-state index in [1.807, 2.05) is 37.3 Å². The number of nitrogens with one attached hydrogen (secondary N) is 1. The lowest BCUT2D eigenvalue weighted by Gasteiger charge is -2.07. The Balaban J connectivity index is 2.27. The van der Waals surface area contributed by atoms with Crippen molar-refractivity contribution in [1.82, 2.24) is 9.88 Å². The fourth-order valence-electron chi connectivity index (χ4n) is 2.06. The zero-order chi connectivity index (χ0) is 14.7. The summed E-state index contributed by atoms with van der Waals surface area (Å²) in [7, 11) is 3.41. The molecule has 4 heteroatoms. The third-order valence-electron chi connectivity index (χ3n) is 3.39. The molecule has 20 heavy (non-hydrogen) atoms. The Morgan fingerprint density at radius 2 is 1.75 bits per heavy atom. The molecular weight excluding hydrogens is 252 g/mol. The highest BCUT2D eigenvalue weighted by atomic mass is 16.1. The molecule has 0 fully saturated rings. The molecule has 1 N–H and O–H groups in total. The zero-order valence-electron chi connectivity index (χ0n) is 11.9. The number of rotatable bonds is 4. The molecule has 2 rings (SSSR count). The number of carbonyl (C=O) groups excluding carboxylic acids is 2. The summed E-state index contributed by atoms with van der Waals surface area (Å²) in [6.07, 6.45) is 0.272. The van der Waals surface area contributed by atoms with Crippen LogP contribution in [0.4, 0.5) is 0 Å². The van der Waals surface area contributed by atoms with Crippen LogP contribution in [0.25, 0.3) is 0 Å². The first kappa shape index (κ1) is 14.1. The zero-order valence-corrected chi connectivity index (χ0v) is 11.9. The van der Waals surface area contributed by atoms with Crippen molar-refractivity contribution in [2.75, 3.05) is 7.05 Å². The maximum Gasteiger partial charge on any atom is 0.225 e. The van der Waals surface area contributed by atoms with Gasteiger partial charge in [-0.25, -0.2) is 0 Å². The van der Waals surface area contributed by atoms with Crippen molar-refractivity contribution in [1.29, 1.82) is 0 Å². The number of carbonyl (C=O) groups is 2. The fraction of sp³-hybridized carbons (Fsp3) is 0.250. The fourth-order valence-corrected chi connectivity index (χ4v) is 2.06. The summed E-state index contributed by atoms with van der Waals surface area (Å²) in [4.78, 5) is 23.8. The summed E-state index contributed by atoms with van der Waals surface area (Å²) in [5, 5.41) is 2.58. The first-order valence-corrected chi connectivity index (χ1v) is 6.49. The minimum atomic E-state index is -0.0689. The third-order valence-corrected chi connectivity index (χ3v) is 3.39. The van der Waals surface area contributed by atoms with E-state index in [-0.39, 0.29) is 18.1 Å². The number of ketones is 1. The van der Waals surface area contributed by atoms with E-state index in [4.69, 9.17) is 0 Å². The second-order valence-corrected chi connectivity index (χ2v) is 4.81. The van der Waals surface area contributed by atoms with Gasteiger partial charge in [-0.05, 0) is 19.1 Å². The molecule has 1 aromatic heterocycles. The summed E-state index contributed by atoms with van der Waals surface area (Å²) in [5.74, 6) is -0.101. The molecule has 1 amide bonds. The molecule has 1 heterocycles. The van der Waals surface area contributed by atoms with E-state index in [0.29, 0.717) is 11.3 Å². The van der Waals surface area contributed by atoms with Crippen LogP contribution in [0.3, 0.4) is 0 Å². The van der Waals surface area contributed by atoms with Crippen LogP contribution in [0.5, 0.6) is 0 Å². The molecule has 0 aliphatic carbocycles. The molecular formula is C16H18N2O2. The molecule has 0 saturated heterocycles. The van der Waals surface area contributed by atoms with Crippen molar-refractivity contribution in [3.63, 3.8) is 0 Å². The quantitative estimate of drug-likeness (QED) is 0.862. The second-order valence-electron chi connectivity index (χ2n) is 4.81. The number of amides is 1. The molecule has 0 saturated carbocycles. The maximum absolute atomic E-state index is 12.4. The highest BCUT2D eigenvalue weighted by molar-refractivity contribution is 6.08. The van der Waals surface area contributed by atoms with Crippen molar-refractivity contribution in [3.05, 3.63) is 58.9 Å². The second kappa shape index (κ2) is 5.74. The Kier molecular flexibility index (Phi) is 4.03. The van der Waals surface area contributed by atoms with Gasteiger partial charge < -0.3 is 9.88 Å². The number of likely N-dealkylation sites (N-methyl/N-ethyl adjacent to an activating group) is 1. The largest absolute Gasteiger partial charge is 0.359 e. The summed E-state index contributed by atoms with van der Waals surface area (Å²) < 4.78 is 1.78. The van der Waals surface area contributed by atoms with Crippen LogP contribution in [-0.4, -0.2) is 23.3 Å². The van der Waals surface area contributed by atoms with Crippen LogP contribution < -0.4 is 5.32 Å². The number of aryl methyl sites for hydroxylation is 1. The van der Waals surface area contributed by atoms with Crippen LogP contribution in [0.1, 0.15) is 27.3 Å². The maximum atomic E-state index is 12.4. The molecule has 0 bridgehead atoms. The smallest absolute Gasteiger partial charge is 0.225 e. The Hall–Kier alpha value is -2.36. The number of hydrogen-bond acceptors (Lipinski definition) is 2. The molecule has 4 nitrogen and oxygen atoms in total. The molecule has 2 aromatic rings. The molecule has 0 radical (unpaired) electrons. The van der Waals surface area contributed by atoms with Gasteiger partial charge in [0.1, 0.15) is 0 Å². The summed E-state index contributed by atoms with van der Waals surface area (Å²) in [6.45, 7) is 1.98. The molecule has 0 spiro atoms. The minimum Gasteiger partial charge on any atom is -0.359 e. The highest BCUT2D eigenvalue weighted by Crippen LogP contribution is 2.14. The van der Waals surface area contributed by atoms with Crippen LogP contribution >= 0.6 is 0 Å². The van der Waals surface area contributed by atoms with Crippen LogP contribution in [0.15, 0.2) is 36.4 Å². The van der Waals surface area contributed by atoms with Gasteiger partial charge in [0.15, 0.2) is 0 Å². The topological polar surface area (TPSA) is 51.1 Å². The van der Waals surface area contributed by atoms with E-state index in [1.165, 1.54) is 0 Å². The van der Waals surface area contributed by atoms with Crippen LogP contribution in [-0.2, 0) is 18.3 Å².